The van der Waals surface area contributed by atoms with Crippen LogP contribution >= 0.6 is 0 Å². The van der Waals surface area contributed by atoms with Crippen LogP contribution in [-0.4, -0.2) is 40.2 Å². The van der Waals surface area contributed by atoms with Crippen LogP contribution in [0.2, 0.25) is 0 Å². The van der Waals surface area contributed by atoms with Crippen molar-refractivity contribution >= 4 is 11.8 Å². The molecule has 1 saturated heterocycles. The van der Waals surface area contributed by atoms with E-state index < -0.39 is 23.0 Å². The van der Waals surface area contributed by atoms with Gasteiger partial charge in [-0.25, -0.2) is 0 Å². The second kappa shape index (κ2) is 3.82. The van der Waals surface area contributed by atoms with Crippen molar-refractivity contribution in [3.05, 3.63) is 0 Å². The van der Waals surface area contributed by atoms with Gasteiger partial charge in [-0.3, -0.25) is 9.59 Å². The lowest BCUT2D eigenvalue weighted by Gasteiger charge is -2.50. The number of ether oxygens (including phenoxy) is 1. The molecule has 0 saturated carbocycles. The van der Waals surface area contributed by atoms with Gasteiger partial charge in [-0.15, -0.1) is 0 Å². The molecule has 92 valence electrons. The highest BCUT2D eigenvalue weighted by Gasteiger charge is 2.54. The molecular weight excluding hydrogens is 210 g/mol. The number of hydrogen-bond acceptors (Lipinski definition) is 5. The Morgan fingerprint density at radius 2 is 1.94 bits per heavy atom. The van der Waals surface area contributed by atoms with Gasteiger partial charge in [0.2, 0.25) is 0 Å². The SMILES string of the molecule is COC(=O)[C@@H]1C(=O)CC(C)(C)N(O)C1(C)C. The first-order valence-corrected chi connectivity index (χ1v) is 5.24. The number of piperidine rings is 1. The zero-order valence-electron chi connectivity index (χ0n) is 10.4. The Balaban J connectivity index is 3.14. The van der Waals surface area contributed by atoms with Gasteiger partial charge in [0, 0.05) is 12.0 Å². The number of hydroxylamine groups is 2. The van der Waals surface area contributed by atoms with E-state index in [1.807, 2.05) is 0 Å². The Hall–Kier alpha value is -0.940. The third-order valence-corrected chi connectivity index (χ3v) is 3.19. The molecule has 16 heavy (non-hydrogen) atoms. The van der Waals surface area contributed by atoms with Crippen molar-refractivity contribution in [1.82, 2.24) is 5.06 Å². The smallest absolute Gasteiger partial charge is 0.318 e. The molecule has 0 spiro atoms. The van der Waals surface area contributed by atoms with Crippen LogP contribution in [0.4, 0.5) is 0 Å². The molecule has 0 radical (unpaired) electrons. The van der Waals surface area contributed by atoms with E-state index in [1.165, 1.54) is 7.11 Å². The lowest BCUT2D eigenvalue weighted by Crippen LogP contribution is -2.65. The summed E-state index contributed by atoms with van der Waals surface area (Å²) in [5.41, 5.74) is -1.61. The minimum absolute atomic E-state index is 0.132. The quantitative estimate of drug-likeness (QED) is 0.536. The summed E-state index contributed by atoms with van der Waals surface area (Å²) in [6.45, 7) is 6.85. The molecule has 1 rings (SSSR count). The first-order valence-electron chi connectivity index (χ1n) is 5.24. The third kappa shape index (κ3) is 1.85. The molecule has 1 aliphatic rings. The topological polar surface area (TPSA) is 66.8 Å². The lowest BCUT2D eigenvalue weighted by atomic mass is 9.73. The van der Waals surface area contributed by atoms with Crippen LogP contribution in [-0.2, 0) is 14.3 Å². The molecule has 0 aromatic heterocycles. The number of rotatable bonds is 1. The zero-order valence-corrected chi connectivity index (χ0v) is 10.4. The molecule has 5 nitrogen and oxygen atoms in total. The Labute approximate surface area is 95.3 Å². The Kier molecular flexibility index (Phi) is 3.13. The maximum absolute atomic E-state index is 11.9. The number of carbonyl (C=O) groups excluding carboxylic acids is 2. The molecule has 1 N–H and O–H groups in total. The standard InChI is InChI=1S/C11H19NO4/c1-10(2)6-7(13)8(9(14)16-5)11(3,4)12(10)15/h8,15H,6H2,1-5H3/t8-/m0/s1. The molecule has 1 fully saturated rings. The summed E-state index contributed by atoms with van der Waals surface area (Å²) in [5.74, 6) is -1.72. The molecular formula is C11H19NO4. The maximum Gasteiger partial charge on any atom is 0.318 e. The first-order chi connectivity index (χ1) is 7.14. The van der Waals surface area contributed by atoms with Crippen molar-refractivity contribution in [2.75, 3.05) is 7.11 Å². The average Bonchev–Trinajstić information content (AvgIpc) is 2.13. The fourth-order valence-corrected chi connectivity index (χ4v) is 2.44. The molecule has 1 heterocycles. The van der Waals surface area contributed by atoms with Gasteiger partial charge >= 0.3 is 5.97 Å². The summed E-state index contributed by atoms with van der Waals surface area (Å²) in [6, 6.07) is 0. The second-order valence-corrected chi connectivity index (χ2v) is 5.38. The summed E-state index contributed by atoms with van der Waals surface area (Å²) in [6.07, 6.45) is 0.132. The van der Waals surface area contributed by atoms with E-state index in [0.717, 1.165) is 5.06 Å². The van der Waals surface area contributed by atoms with E-state index in [0.29, 0.717) is 0 Å². The summed E-state index contributed by atoms with van der Waals surface area (Å²) < 4.78 is 4.61. The van der Waals surface area contributed by atoms with Gasteiger partial charge in [-0.05, 0) is 27.7 Å². The van der Waals surface area contributed by atoms with Gasteiger partial charge in [0.25, 0.3) is 0 Å². The van der Waals surface area contributed by atoms with Crippen molar-refractivity contribution in [1.29, 1.82) is 0 Å². The molecule has 0 aliphatic carbocycles. The van der Waals surface area contributed by atoms with Gasteiger partial charge < -0.3 is 9.94 Å². The molecule has 0 amide bonds. The third-order valence-electron chi connectivity index (χ3n) is 3.19. The predicted octanol–water partition coefficient (Wildman–Crippen LogP) is 0.997. The van der Waals surface area contributed by atoms with Crippen molar-refractivity contribution in [2.45, 2.75) is 45.2 Å². The van der Waals surface area contributed by atoms with E-state index >= 15 is 0 Å². The van der Waals surface area contributed by atoms with Gasteiger partial charge in [0.1, 0.15) is 5.92 Å². The Morgan fingerprint density at radius 1 is 1.44 bits per heavy atom. The second-order valence-electron chi connectivity index (χ2n) is 5.38. The van der Waals surface area contributed by atoms with Crippen LogP contribution in [0.15, 0.2) is 0 Å². The molecule has 5 heteroatoms. The van der Waals surface area contributed by atoms with Gasteiger partial charge in [-0.1, -0.05) is 0 Å². The molecule has 0 bridgehead atoms. The Morgan fingerprint density at radius 3 is 2.38 bits per heavy atom. The van der Waals surface area contributed by atoms with E-state index in [9.17, 15) is 14.8 Å². The van der Waals surface area contributed by atoms with E-state index in [2.05, 4.69) is 4.74 Å². The van der Waals surface area contributed by atoms with Gasteiger partial charge in [0.05, 0.1) is 12.6 Å². The van der Waals surface area contributed by atoms with Crippen LogP contribution in [0.25, 0.3) is 0 Å². The largest absolute Gasteiger partial charge is 0.468 e. The van der Waals surface area contributed by atoms with Crippen molar-refractivity contribution in [2.24, 2.45) is 5.92 Å². The average molecular weight is 229 g/mol. The number of hydrogen-bond donors (Lipinski definition) is 1. The first kappa shape index (κ1) is 13.1. The van der Waals surface area contributed by atoms with Crippen LogP contribution < -0.4 is 0 Å². The monoisotopic (exact) mass is 229 g/mol. The fraction of sp³-hybridized carbons (Fsp3) is 0.818. The van der Waals surface area contributed by atoms with E-state index in [1.54, 1.807) is 27.7 Å². The van der Waals surface area contributed by atoms with Gasteiger partial charge in [0.15, 0.2) is 5.78 Å². The van der Waals surface area contributed by atoms with E-state index in [4.69, 9.17) is 0 Å². The van der Waals surface area contributed by atoms with Crippen LogP contribution in [0.5, 0.6) is 0 Å². The minimum atomic E-state index is -0.952. The molecule has 1 aliphatic heterocycles. The zero-order chi connectivity index (χ0) is 12.7. The fourth-order valence-electron chi connectivity index (χ4n) is 2.44. The number of methoxy groups -OCH3 is 1. The van der Waals surface area contributed by atoms with E-state index in [-0.39, 0.29) is 12.2 Å². The van der Waals surface area contributed by atoms with Crippen LogP contribution in [0, 0.1) is 5.92 Å². The molecule has 0 aromatic rings. The van der Waals surface area contributed by atoms with Crippen molar-refractivity contribution in [3.63, 3.8) is 0 Å². The van der Waals surface area contributed by atoms with Crippen molar-refractivity contribution in [3.8, 4) is 0 Å². The predicted molar refractivity (Wildman–Crippen MR) is 56.9 cm³/mol. The van der Waals surface area contributed by atoms with Gasteiger partial charge in [-0.2, -0.15) is 5.06 Å². The number of Topliss-reactive ketones (excluding diaryl/α,β-unsaturated/α-hetero) is 1. The van der Waals surface area contributed by atoms with Crippen molar-refractivity contribution < 1.29 is 19.5 Å². The number of carbonyl (C=O) groups is 2. The number of esters is 1. The molecule has 1 atom stereocenters. The normalized spacial score (nSPS) is 28.9. The highest BCUT2D eigenvalue weighted by molar-refractivity contribution is 6.01. The minimum Gasteiger partial charge on any atom is -0.468 e. The molecule has 0 unspecified atom stereocenters. The maximum atomic E-state index is 11.9. The summed E-state index contributed by atoms with van der Waals surface area (Å²) in [4.78, 5) is 23.5. The summed E-state index contributed by atoms with van der Waals surface area (Å²) in [5, 5.41) is 11.2. The van der Waals surface area contributed by atoms with Crippen LogP contribution in [0.3, 0.4) is 0 Å². The number of ketones is 1. The Bertz CT molecular complexity index is 322. The highest BCUT2D eigenvalue weighted by Crippen LogP contribution is 2.39. The van der Waals surface area contributed by atoms with Crippen LogP contribution in [0.1, 0.15) is 34.1 Å². The molecule has 0 aromatic carbocycles. The highest BCUT2D eigenvalue weighted by atomic mass is 16.5. The lowest BCUT2D eigenvalue weighted by molar-refractivity contribution is -0.251. The number of nitrogens with zero attached hydrogens (tertiary/aromatic N) is 1. The summed E-state index contributed by atoms with van der Waals surface area (Å²) >= 11 is 0. The summed E-state index contributed by atoms with van der Waals surface area (Å²) in [7, 11) is 1.24.